The number of amides is 1. The number of nitrogens with zero attached hydrogens (tertiary/aromatic N) is 2. The van der Waals surface area contributed by atoms with Crippen LogP contribution in [0.15, 0.2) is 23.1 Å². The summed E-state index contributed by atoms with van der Waals surface area (Å²) in [6.45, 7) is 9.83. The normalized spacial score (nSPS) is 17.0. The maximum atomic E-state index is 12.9. The van der Waals surface area contributed by atoms with Crippen molar-refractivity contribution in [3.05, 3.63) is 29.3 Å². The highest BCUT2D eigenvalue weighted by Gasteiger charge is 2.28. The van der Waals surface area contributed by atoms with Crippen LogP contribution in [0.5, 0.6) is 0 Å². The lowest BCUT2D eigenvalue weighted by molar-refractivity contribution is 0.0953. The van der Waals surface area contributed by atoms with E-state index in [4.69, 9.17) is 0 Å². The van der Waals surface area contributed by atoms with Gasteiger partial charge < -0.3 is 10.2 Å². The van der Waals surface area contributed by atoms with Gasteiger partial charge in [-0.15, -0.1) is 0 Å². The number of nitrogens with one attached hydrogen (secondary N) is 1. The molecule has 0 unspecified atom stereocenters. The van der Waals surface area contributed by atoms with Crippen molar-refractivity contribution in [3.8, 4) is 0 Å². The zero-order valence-corrected chi connectivity index (χ0v) is 15.5. The molecule has 1 amide bonds. The number of piperazine rings is 1. The Morgan fingerprint density at radius 2 is 1.83 bits per heavy atom. The summed E-state index contributed by atoms with van der Waals surface area (Å²) < 4.78 is 27.2. The van der Waals surface area contributed by atoms with Crippen molar-refractivity contribution in [1.82, 2.24) is 14.5 Å². The maximum Gasteiger partial charge on any atom is 0.251 e. The van der Waals surface area contributed by atoms with E-state index in [0.717, 1.165) is 31.6 Å². The molecular formula is C17H27N3O3S. The van der Waals surface area contributed by atoms with E-state index in [1.165, 1.54) is 10.4 Å². The number of benzene rings is 1. The third-order valence-corrected chi connectivity index (χ3v) is 6.30. The molecule has 0 radical (unpaired) electrons. The van der Waals surface area contributed by atoms with Gasteiger partial charge in [0.05, 0.1) is 4.90 Å². The largest absolute Gasteiger partial charge is 0.352 e. The van der Waals surface area contributed by atoms with Gasteiger partial charge in [0.25, 0.3) is 5.91 Å². The monoisotopic (exact) mass is 353 g/mol. The van der Waals surface area contributed by atoms with Gasteiger partial charge in [-0.1, -0.05) is 19.9 Å². The first kappa shape index (κ1) is 18.9. The lowest BCUT2D eigenvalue weighted by Gasteiger charge is -2.33. The Morgan fingerprint density at radius 1 is 1.17 bits per heavy atom. The van der Waals surface area contributed by atoms with Crippen molar-refractivity contribution in [2.75, 3.05) is 39.3 Å². The predicted molar refractivity (Wildman–Crippen MR) is 94.7 cm³/mol. The average molecular weight is 353 g/mol. The summed E-state index contributed by atoms with van der Waals surface area (Å²) in [4.78, 5) is 14.7. The molecule has 1 aromatic rings. The van der Waals surface area contributed by atoms with Crippen LogP contribution in [-0.2, 0) is 10.0 Å². The quantitative estimate of drug-likeness (QED) is 0.841. The topological polar surface area (TPSA) is 69.7 Å². The lowest BCUT2D eigenvalue weighted by Crippen LogP contribution is -2.48. The minimum absolute atomic E-state index is 0.194. The molecule has 0 aliphatic carbocycles. The number of rotatable bonds is 6. The van der Waals surface area contributed by atoms with Crippen molar-refractivity contribution in [2.45, 2.75) is 32.1 Å². The summed E-state index contributed by atoms with van der Waals surface area (Å²) in [5, 5.41) is 2.81. The average Bonchev–Trinajstić information content (AvgIpc) is 2.59. The first-order valence-electron chi connectivity index (χ1n) is 8.51. The number of hydrogen-bond donors (Lipinski definition) is 1. The smallest absolute Gasteiger partial charge is 0.251 e. The molecule has 24 heavy (non-hydrogen) atoms. The molecule has 6 nitrogen and oxygen atoms in total. The molecule has 7 heteroatoms. The minimum atomic E-state index is -3.56. The molecule has 2 rings (SSSR count). The molecule has 1 aliphatic heterocycles. The van der Waals surface area contributed by atoms with E-state index in [1.54, 1.807) is 12.1 Å². The molecule has 1 fully saturated rings. The van der Waals surface area contributed by atoms with E-state index < -0.39 is 10.0 Å². The van der Waals surface area contributed by atoms with Gasteiger partial charge in [0.15, 0.2) is 0 Å². The Kier molecular flexibility index (Phi) is 6.37. The van der Waals surface area contributed by atoms with Crippen LogP contribution in [0.4, 0.5) is 0 Å². The van der Waals surface area contributed by atoms with E-state index in [-0.39, 0.29) is 10.8 Å². The van der Waals surface area contributed by atoms with E-state index in [9.17, 15) is 13.2 Å². The summed E-state index contributed by atoms with van der Waals surface area (Å²) in [5.74, 6) is -0.220. The first-order valence-corrected chi connectivity index (χ1v) is 9.95. The van der Waals surface area contributed by atoms with E-state index in [0.29, 0.717) is 25.2 Å². The fraction of sp³-hybridized carbons (Fsp3) is 0.588. The van der Waals surface area contributed by atoms with Crippen LogP contribution in [0.3, 0.4) is 0 Å². The number of carbonyl (C=O) groups is 1. The van der Waals surface area contributed by atoms with Crippen molar-refractivity contribution in [1.29, 1.82) is 0 Å². The van der Waals surface area contributed by atoms with Gasteiger partial charge in [-0.3, -0.25) is 4.79 Å². The summed E-state index contributed by atoms with van der Waals surface area (Å²) in [6.07, 6.45) is 0.838. The van der Waals surface area contributed by atoms with Crippen LogP contribution in [0.25, 0.3) is 0 Å². The number of aryl methyl sites for hydroxylation is 1. The van der Waals surface area contributed by atoms with Crippen molar-refractivity contribution in [3.63, 3.8) is 0 Å². The van der Waals surface area contributed by atoms with Crippen LogP contribution >= 0.6 is 0 Å². The lowest BCUT2D eigenvalue weighted by atomic mass is 10.1. The Bertz CT molecular complexity index is 680. The van der Waals surface area contributed by atoms with Gasteiger partial charge in [0.1, 0.15) is 0 Å². The number of carbonyl (C=O) groups excluding carboxylic acids is 1. The zero-order chi connectivity index (χ0) is 17.7. The minimum Gasteiger partial charge on any atom is -0.352 e. The molecule has 0 spiro atoms. The number of hydrogen-bond acceptors (Lipinski definition) is 4. The standard InChI is InChI=1S/C17H27N3O3S/c1-4-8-18-17(21)16-13-15(7-6-14(16)3)24(22,23)20-11-9-19(5-2)10-12-20/h6-7,13H,4-5,8-12H2,1-3H3,(H,18,21). The van der Waals surface area contributed by atoms with E-state index in [1.807, 2.05) is 13.8 Å². The predicted octanol–water partition coefficient (Wildman–Crippen LogP) is 1.46. The molecule has 1 aliphatic rings. The molecule has 0 saturated carbocycles. The van der Waals surface area contributed by atoms with Crippen molar-refractivity contribution < 1.29 is 13.2 Å². The zero-order valence-electron chi connectivity index (χ0n) is 14.7. The second kappa shape index (κ2) is 8.09. The Hall–Kier alpha value is -1.44. The van der Waals surface area contributed by atoms with Gasteiger partial charge >= 0.3 is 0 Å². The molecular weight excluding hydrogens is 326 g/mol. The molecule has 1 saturated heterocycles. The van der Waals surface area contributed by atoms with Crippen LogP contribution in [0.2, 0.25) is 0 Å². The molecule has 0 bridgehead atoms. The maximum absolute atomic E-state index is 12.9. The van der Waals surface area contributed by atoms with Crippen LogP contribution in [-0.4, -0.2) is 62.8 Å². The summed E-state index contributed by atoms with van der Waals surface area (Å²) in [7, 11) is -3.56. The van der Waals surface area contributed by atoms with Gasteiger partial charge in [-0.25, -0.2) is 8.42 Å². The second-order valence-electron chi connectivity index (χ2n) is 6.07. The highest BCUT2D eigenvalue weighted by atomic mass is 32.2. The molecule has 0 aromatic heterocycles. The molecule has 0 atom stereocenters. The molecule has 134 valence electrons. The van der Waals surface area contributed by atoms with Gasteiger partial charge in [-0.05, 0) is 37.6 Å². The molecule has 1 N–H and O–H groups in total. The number of likely N-dealkylation sites (N-methyl/N-ethyl adjacent to an activating group) is 1. The third kappa shape index (κ3) is 4.15. The molecule has 1 aromatic carbocycles. The van der Waals surface area contributed by atoms with Gasteiger partial charge in [0, 0.05) is 38.3 Å². The SMILES string of the molecule is CCCNC(=O)c1cc(S(=O)(=O)N2CCN(CC)CC2)ccc1C. The van der Waals surface area contributed by atoms with E-state index >= 15 is 0 Å². The van der Waals surface area contributed by atoms with Crippen LogP contribution in [0, 0.1) is 6.92 Å². The fourth-order valence-corrected chi connectivity index (χ4v) is 4.22. The highest BCUT2D eigenvalue weighted by Crippen LogP contribution is 2.21. The van der Waals surface area contributed by atoms with Gasteiger partial charge in [0.2, 0.25) is 10.0 Å². The number of sulfonamides is 1. The van der Waals surface area contributed by atoms with Crippen LogP contribution in [0.1, 0.15) is 36.2 Å². The van der Waals surface area contributed by atoms with E-state index in [2.05, 4.69) is 17.1 Å². The summed E-state index contributed by atoms with van der Waals surface area (Å²) >= 11 is 0. The Labute approximate surface area is 144 Å². The van der Waals surface area contributed by atoms with Crippen molar-refractivity contribution in [2.24, 2.45) is 0 Å². The Morgan fingerprint density at radius 3 is 2.42 bits per heavy atom. The Balaban J connectivity index is 2.23. The van der Waals surface area contributed by atoms with Crippen LogP contribution < -0.4 is 5.32 Å². The van der Waals surface area contributed by atoms with Gasteiger partial charge in [-0.2, -0.15) is 4.31 Å². The summed E-state index contributed by atoms with van der Waals surface area (Å²) in [6, 6.07) is 4.80. The fourth-order valence-electron chi connectivity index (χ4n) is 2.78. The second-order valence-corrected chi connectivity index (χ2v) is 8.01. The third-order valence-electron chi connectivity index (χ3n) is 4.41. The molecule has 1 heterocycles. The summed E-state index contributed by atoms with van der Waals surface area (Å²) in [5.41, 5.74) is 1.20. The highest BCUT2D eigenvalue weighted by molar-refractivity contribution is 7.89. The first-order chi connectivity index (χ1) is 11.4. The van der Waals surface area contributed by atoms with Crippen molar-refractivity contribution >= 4 is 15.9 Å².